The van der Waals surface area contributed by atoms with E-state index in [-0.39, 0.29) is 11.7 Å². The summed E-state index contributed by atoms with van der Waals surface area (Å²) >= 11 is 0. The minimum absolute atomic E-state index is 0.178. The zero-order valence-corrected chi connectivity index (χ0v) is 10.8. The SMILES string of the molecule is Nc1ncnc(Oc2ccc3ccccc3c2)c1[N+](=O)[O-]. The molecule has 0 spiro atoms. The molecule has 0 atom stereocenters. The van der Waals surface area contributed by atoms with Crippen LogP contribution >= 0.6 is 0 Å². The minimum atomic E-state index is -0.661. The van der Waals surface area contributed by atoms with Crippen molar-refractivity contribution in [3.8, 4) is 11.6 Å². The highest BCUT2D eigenvalue weighted by Gasteiger charge is 2.23. The maximum absolute atomic E-state index is 11.0. The van der Waals surface area contributed by atoms with Gasteiger partial charge >= 0.3 is 11.6 Å². The number of nitrogens with zero attached hydrogens (tertiary/aromatic N) is 3. The molecule has 0 fully saturated rings. The zero-order valence-electron chi connectivity index (χ0n) is 10.8. The molecule has 0 aliphatic rings. The third-order valence-corrected chi connectivity index (χ3v) is 2.94. The van der Waals surface area contributed by atoms with E-state index in [1.54, 1.807) is 12.1 Å². The van der Waals surface area contributed by atoms with Gasteiger partial charge in [0.2, 0.25) is 5.82 Å². The number of nitrogen functional groups attached to an aromatic ring is 1. The van der Waals surface area contributed by atoms with Crippen LogP contribution in [0.1, 0.15) is 0 Å². The quantitative estimate of drug-likeness (QED) is 0.585. The molecule has 0 saturated carbocycles. The number of benzene rings is 2. The van der Waals surface area contributed by atoms with E-state index >= 15 is 0 Å². The summed E-state index contributed by atoms with van der Waals surface area (Å²) in [5, 5.41) is 13.0. The maximum atomic E-state index is 11.0. The van der Waals surface area contributed by atoms with Crippen molar-refractivity contribution in [2.24, 2.45) is 0 Å². The highest BCUT2D eigenvalue weighted by atomic mass is 16.6. The van der Waals surface area contributed by atoms with E-state index in [4.69, 9.17) is 10.5 Å². The summed E-state index contributed by atoms with van der Waals surface area (Å²) in [4.78, 5) is 17.7. The summed E-state index contributed by atoms with van der Waals surface area (Å²) in [6, 6.07) is 13.1. The summed E-state index contributed by atoms with van der Waals surface area (Å²) in [5.41, 5.74) is 5.05. The molecule has 1 heterocycles. The van der Waals surface area contributed by atoms with E-state index in [9.17, 15) is 10.1 Å². The summed E-state index contributed by atoms with van der Waals surface area (Å²) < 4.78 is 5.49. The first-order chi connectivity index (χ1) is 10.1. The van der Waals surface area contributed by atoms with Crippen molar-refractivity contribution in [2.45, 2.75) is 0 Å². The van der Waals surface area contributed by atoms with Gasteiger partial charge in [-0.15, -0.1) is 0 Å². The van der Waals surface area contributed by atoms with Crippen LogP contribution in [0.5, 0.6) is 11.6 Å². The van der Waals surface area contributed by atoms with Gasteiger partial charge in [0.25, 0.3) is 0 Å². The maximum Gasteiger partial charge on any atom is 0.372 e. The number of hydrogen-bond donors (Lipinski definition) is 1. The van der Waals surface area contributed by atoms with Gasteiger partial charge in [-0.2, -0.15) is 4.98 Å². The number of fused-ring (bicyclic) bond motifs is 1. The van der Waals surface area contributed by atoms with Crippen LogP contribution < -0.4 is 10.5 Å². The van der Waals surface area contributed by atoms with Gasteiger partial charge in [0, 0.05) is 0 Å². The lowest BCUT2D eigenvalue weighted by molar-refractivity contribution is -0.385. The second kappa shape index (κ2) is 5.04. The van der Waals surface area contributed by atoms with Gasteiger partial charge in [-0.1, -0.05) is 30.3 Å². The number of nitrogens with two attached hydrogens (primary N) is 1. The first-order valence-corrected chi connectivity index (χ1v) is 6.06. The average molecular weight is 282 g/mol. The van der Waals surface area contributed by atoms with E-state index in [1.807, 2.05) is 30.3 Å². The third kappa shape index (κ3) is 2.44. The van der Waals surface area contributed by atoms with Crippen molar-refractivity contribution in [3.63, 3.8) is 0 Å². The van der Waals surface area contributed by atoms with Crippen LogP contribution in [0.15, 0.2) is 48.8 Å². The molecule has 104 valence electrons. The fraction of sp³-hybridized carbons (Fsp3) is 0. The highest BCUT2D eigenvalue weighted by Crippen LogP contribution is 2.33. The van der Waals surface area contributed by atoms with Crippen LogP contribution in [0, 0.1) is 10.1 Å². The van der Waals surface area contributed by atoms with E-state index < -0.39 is 10.6 Å². The van der Waals surface area contributed by atoms with Crippen LogP contribution in [0.2, 0.25) is 0 Å². The van der Waals surface area contributed by atoms with Gasteiger partial charge in [0.05, 0.1) is 4.92 Å². The van der Waals surface area contributed by atoms with Crippen LogP contribution in [-0.4, -0.2) is 14.9 Å². The zero-order chi connectivity index (χ0) is 14.8. The third-order valence-electron chi connectivity index (χ3n) is 2.94. The van der Waals surface area contributed by atoms with Crippen molar-refractivity contribution in [1.82, 2.24) is 9.97 Å². The summed E-state index contributed by atoms with van der Waals surface area (Å²) in [7, 11) is 0. The molecule has 7 nitrogen and oxygen atoms in total. The summed E-state index contributed by atoms with van der Waals surface area (Å²) in [6.07, 6.45) is 1.12. The molecule has 21 heavy (non-hydrogen) atoms. The monoisotopic (exact) mass is 282 g/mol. The first kappa shape index (κ1) is 12.8. The molecule has 7 heteroatoms. The van der Waals surface area contributed by atoms with Crippen molar-refractivity contribution in [2.75, 3.05) is 5.73 Å². The number of ether oxygens (including phenoxy) is 1. The molecule has 0 radical (unpaired) electrons. The largest absolute Gasteiger partial charge is 0.434 e. The normalized spacial score (nSPS) is 10.5. The Labute approximate surface area is 119 Å². The van der Waals surface area contributed by atoms with Gasteiger partial charge in [0.1, 0.15) is 12.1 Å². The number of nitro groups is 1. The molecule has 0 bridgehead atoms. The van der Waals surface area contributed by atoms with Gasteiger partial charge < -0.3 is 10.5 Å². The molecule has 3 rings (SSSR count). The lowest BCUT2D eigenvalue weighted by Crippen LogP contribution is -2.02. The Morgan fingerprint density at radius 3 is 2.62 bits per heavy atom. The van der Waals surface area contributed by atoms with Crippen LogP contribution in [0.25, 0.3) is 10.8 Å². The number of anilines is 1. The Kier molecular flexibility index (Phi) is 3.07. The lowest BCUT2D eigenvalue weighted by Gasteiger charge is -2.06. The Hall–Kier alpha value is -3.22. The molecule has 2 aromatic carbocycles. The molecule has 0 saturated heterocycles. The standard InChI is InChI=1S/C14H10N4O3/c15-13-12(18(19)20)14(17-8-16-13)21-11-6-5-9-3-1-2-4-10(9)7-11/h1-8H,(H2,15,16,17). The van der Waals surface area contributed by atoms with E-state index in [2.05, 4.69) is 9.97 Å². The Morgan fingerprint density at radius 2 is 1.86 bits per heavy atom. The molecule has 3 aromatic rings. The second-order valence-electron chi connectivity index (χ2n) is 4.28. The fourth-order valence-electron chi connectivity index (χ4n) is 1.96. The molecular formula is C14H10N4O3. The van der Waals surface area contributed by atoms with Crippen molar-refractivity contribution >= 4 is 22.3 Å². The smallest absolute Gasteiger partial charge is 0.372 e. The first-order valence-electron chi connectivity index (χ1n) is 6.06. The topological polar surface area (TPSA) is 104 Å². The summed E-state index contributed by atoms with van der Waals surface area (Å²) in [5.74, 6) is 0.0310. The van der Waals surface area contributed by atoms with E-state index in [0.717, 1.165) is 17.1 Å². The molecular weight excluding hydrogens is 272 g/mol. The highest BCUT2D eigenvalue weighted by molar-refractivity contribution is 5.83. The number of rotatable bonds is 3. The predicted molar refractivity (Wildman–Crippen MR) is 77.1 cm³/mol. The molecule has 0 amide bonds. The van der Waals surface area contributed by atoms with Crippen LogP contribution in [-0.2, 0) is 0 Å². The number of aromatic nitrogens is 2. The van der Waals surface area contributed by atoms with E-state index in [1.165, 1.54) is 0 Å². The second-order valence-corrected chi connectivity index (χ2v) is 4.28. The van der Waals surface area contributed by atoms with Gasteiger partial charge in [-0.25, -0.2) is 4.98 Å². The van der Waals surface area contributed by atoms with Crippen LogP contribution in [0.3, 0.4) is 0 Å². The lowest BCUT2D eigenvalue weighted by atomic mass is 10.1. The Bertz CT molecular complexity index is 835. The Balaban J connectivity index is 2.02. The predicted octanol–water partition coefficient (Wildman–Crippen LogP) is 2.91. The molecule has 0 unspecified atom stereocenters. The number of hydrogen-bond acceptors (Lipinski definition) is 6. The fourth-order valence-corrected chi connectivity index (χ4v) is 1.96. The van der Waals surface area contributed by atoms with Gasteiger partial charge in [-0.3, -0.25) is 10.1 Å². The molecule has 0 aliphatic heterocycles. The van der Waals surface area contributed by atoms with Gasteiger partial charge in [0.15, 0.2) is 0 Å². The van der Waals surface area contributed by atoms with Crippen molar-refractivity contribution in [1.29, 1.82) is 0 Å². The minimum Gasteiger partial charge on any atom is -0.434 e. The van der Waals surface area contributed by atoms with Gasteiger partial charge in [-0.05, 0) is 22.9 Å². The Morgan fingerprint density at radius 1 is 1.10 bits per heavy atom. The molecule has 2 N–H and O–H groups in total. The van der Waals surface area contributed by atoms with E-state index in [0.29, 0.717) is 5.75 Å². The van der Waals surface area contributed by atoms with Crippen molar-refractivity contribution < 1.29 is 9.66 Å². The molecule has 0 aliphatic carbocycles. The van der Waals surface area contributed by atoms with Crippen molar-refractivity contribution in [3.05, 3.63) is 58.9 Å². The summed E-state index contributed by atoms with van der Waals surface area (Å²) in [6.45, 7) is 0. The average Bonchev–Trinajstić information content (AvgIpc) is 2.47. The van der Waals surface area contributed by atoms with Crippen LogP contribution in [0.4, 0.5) is 11.5 Å². The molecule has 1 aromatic heterocycles.